The average molecular weight is 909 g/mol. The Morgan fingerprint density at radius 1 is 0.417 bits per heavy atom. The predicted molar refractivity (Wildman–Crippen MR) is 191 cm³/mol. The highest BCUT2D eigenvalue weighted by atomic mass is 35.5. The van der Waals surface area contributed by atoms with Crippen LogP contribution in [0, 0.1) is 0 Å². The van der Waals surface area contributed by atoms with Gasteiger partial charge in [0.25, 0.3) is 0 Å². The van der Waals surface area contributed by atoms with Gasteiger partial charge in [0, 0.05) is 0 Å². The summed E-state index contributed by atoms with van der Waals surface area (Å²) in [6.07, 6.45) is -6.07. The molecule has 0 rings (SSSR count). The lowest BCUT2D eigenvalue weighted by Gasteiger charge is -2.45. The van der Waals surface area contributed by atoms with Gasteiger partial charge in [-0.15, -0.1) is 0 Å². The van der Waals surface area contributed by atoms with Crippen molar-refractivity contribution in [2.24, 2.45) is 0 Å². The second-order valence-corrected chi connectivity index (χ2v) is 14.4. The molecule has 0 bridgehead atoms. The Hall–Kier alpha value is -3.95. The molecule has 0 aliphatic heterocycles. The first kappa shape index (κ1) is 62.7. The summed E-state index contributed by atoms with van der Waals surface area (Å²) in [5, 5.41) is 61.0. The molecule has 0 aromatic heterocycles. The number of carbonyl (C=O) groups is 7. The Kier molecular flexibility index (Phi) is 33.3. The fourth-order valence-electron chi connectivity index (χ4n) is 3.94. The van der Waals surface area contributed by atoms with Gasteiger partial charge in [0.1, 0.15) is 45.6 Å². The number of carboxylic acid groups (broad SMARTS) is 7. The van der Waals surface area contributed by atoms with Crippen LogP contribution in [0.15, 0.2) is 0 Å². The van der Waals surface area contributed by atoms with Crippen molar-refractivity contribution in [3.8, 4) is 0 Å². The van der Waals surface area contributed by atoms with E-state index in [1.165, 1.54) is 0 Å². The third kappa shape index (κ3) is 32.8. The van der Waals surface area contributed by atoms with Gasteiger partial charge in [-0.05, 0) is 0 Å². The normalized spacial score (nSPS) is 11.8. The lowest BCUT2D eigenvalue weighted by Crippen LogP contribution is -3.00. The molecule has 0 saturated heterocycles. The molecule has 0 radical (unpaired) electrons. The lowest BCUT2D eigenvalue weighted by molar-refractivity contribution is -0.926. The summed E-state index contributed by atoms with van der Waals surface area (Å²) in [5.41, 5.74) is -1.51. The highest BCUT2D eigenvalue weighted by Gasteiger charge is 2.46. The summed E-state index contributed by atoms with van der Waals surface area (Å²) in [6.45, 7) is 0.781. The number of quaternary nitrogens is 2. The number of likely N-dealkylation sites (N-methyl/N-ethyl adjacent to an activating group) is 2. The van der Waals surface area contributed by atoms with Gasteiger partial charge in [0.2, 0.25) is 0 Å². The first-order chi connectivity index (χ1) is 26.9. The lowest BCUT2D eigenvalue weighted by atomic mass is 9.99. The molecule has 0 aliphatic carbocycles. The van der Waals surface area contributed by atoms with Crippen LogP contribution in [0.2, 0.25) is 0 Å². The third-order valence-corrected chi connectivity index (χ3v) is 8.06. The number of hydrogen-bond acceptors (Lipinski definition) is 14. The number of carboxylic acids is 7. The minimum absolute atomic E-state index is 0. The quantitative estimate of drug-likeness (QED) is 0.0278. The van der Waals surface area contributed by atoms with Gasteiger partial charge in [-0.3, -0.25) is 28.8 Å². The van der Waals surface area contributed by atoms with E-state index >= 15 is 0 Å². The van der Waals surface area contributed by atoms with Crippen molar-refractivity contribution < 1.29 is 132 Å². The molecule has 60 heavy (non-hydrogen) atoms. The van der Waals surface area contributed by atoms with E-state index in [1.807, 2.05) is 42.3 Å². The predicted octanol–water partition coefficient (Wildman–Crippen LogP) is -3.89. The molecule has 0 spiro atoms. The molecule has 354 valence electrons. The fraction of sp³-hybridized carbons (Fsp3) is 0.794. The van der Waals surface area contributed by atoms with E-state index in [2.05, 4.69) is 0 Å². The largest absolute Gasteiger partial charge is 1.00 e. The number of alkyl halides is 3. The van der Waals surface area contributed by atoms with Crippen LogP contribution < -0.4 is 17.5 Å². The Balaban J connectivity index is -0.000000443. The monoisotopic (exact) mass is 908 g/mol. The molecule has 6 N–H and O–H groups in total. The van der Waals surface area contributed by atoms with Crippen molar-refractivity contribution in [1.29, 1.82) is 0 Å². The number of nitrogens with zero attached hydrogens (tertiary/aromatic N) is 2. The van der Waals surface area contributed by atoms with Crippen molar-refractivity contribution in [1.82, 2.24) is 0 Å². The number of carbonyl (C=O) groups excluding carboxylic acids is 1. The standard InChI is InChI=1S/2C16H29NO9.C2HF3O2.ClH/c2*1-17(2,3)16(10-24-7-4-13(18)19,11-25-8-5-14(20)21)12-26-9-6-15(22)23;3-2(4,5)1(6)7;/h2*4-12H2,1-3H3,(H2-,18,19,20,21,22,23);(H,6,7);1H. The topological polar surface area (TPSA) is 319 Å². The molecule has 0 saturated carbocycles. The average Bonchev–Trinajstić information content (AvgIpc) is 3.06. The van der Waals surface area contributed by atoms with Crippen LogP contribution in [0.1, 0.15) is 38.5 Å². The summed E-state index contributed by atoms with van der Waals surface area (Å²) in [6, 6.07) is 0. The highest BCUT2D eigenvalue weighted by molar-refractivity contribution is 5.70. The summed E-state index contributed by atoms with van der Waals surface area (Å²) < 4.78 is 65.2. The van der Waals surface area contributed by atoms with Gasteiger partial charge in [0.05, 0.1) is 120 Å². The molecule has 0 aromatic rings. The molecule has 0 unspecified atom stereocenters. The molecule has 0 amide bonds. The summed E-state index contributed by atoms with van der Waals surface area (Å²) in [7, 11) is 11.3. The molecule has 26 heteroatoms. The van der Waals surface area contributed by atoms with E-state index in [-0.39, 0.29) is 130 Å². The van der Waals surface area contributed by atoms with E-state index in [9.17, 15) is 41.9 Å². The minimum atomic E-state index is -5.19. The first-order valence-corrected chi connectivity index (χ1v) is 17.6. The van der Waals surface area contributed by atoms with Crippen LogP contribution in [-0.4, -0.2) is 220 Å². The smallest absolute Gasteiger partial charge is 0.430 e. The van der Waals surface area contributed by atoms with E-state index in [4.69, 9.17) is 69.0 Å². The van der Waals surface area contributed by atoms with Crippen LogP contribution in [0.3, 0.4) is 0 Å². The highest BCUT2D eigenvalue weighted by Crippen LogP contribution is 2.23. The second kappa shape index (κ2) is 31.9. The second-order valence-electron chi connectivity index (χ2n) is 14.4. The minimum Gasteiger partial charge on any atom is -1.00 e. The van der Waals surface area contributed by atoms with Crippen molar-refractivity contribution in [3.05, 3.63) is 0 Å². The summed E-state index contributed by atoms with van der Waals surface area (Å²) in [4.78, 5) is 72.5. The van der Waals surface area contributed by atoms with Crippen LogP contribution in [0.25, 0.3) is 0 Å². The maximum Gasteiger partial charge on any atom is 0.430 e. The SMILES string of the molecule is C[N+](C)(C)C(COCCC(=O)O)(COCCC(=O)O)COCCC(=O)O.C[N+](C)(C)C(COCCC(=O)O)(COCCC(=O)O)COCCC(=O)O.O=C([O-])C(F)(F)F.[Cl-]. The van der Waals surface area contributed by atoms with E-state index in [1.54, 1.807) is 0 Å². The van der Waals surface area contributed by atoms with Crippen molar-refractivity contribution >= 4 is 41.8 Å². The number of rotatable bonds is 32. The number of halogens is 4. The Morgan fingerprint density at radius 2 is 0.550 bits per heavy atom. The number of hydrogen-bond donors (Lipinski definition) is 6. The molecule has 22 nitrogen and oxygen atoms in total. The van der Waals surface area contributed by atoms with Gasteiger partial charge in [0.15, 0.2) is 11.1 Å². The van der Waals surface area contributed by atoms with E-state index < -0.39 is 59.0 Å². The zero-order valence-corrected chi connectivity index (χ0v) is 35.3. The summed E-state index contributed by atoms with van der Waals surface area (Å²) in [5.74, 6) is -8.86. The Morgan fingerprint density at radius 3 is 0.633 bits per heavy atom. The van der Waals surface area contributed by atoms with Crippen LogP contribution in [-0.2, 0) is 62.0 Å². The number of aliphatic carboxylic acids is 7. The van der Waals surface area contributed by atoms with Crippen LogP contribution in [0.5, 0.6) is 0 Å². The van der Waals surface area contributed by atoms with Crippen molar-refractivity contribution in [2.75, 3.05) is 122 Å². The number of ether oxygens (including phenoxy) is 6. The fourth-order valence-corrected chi connectivity index (χ4v) is 3.94. The van der Waals surface area contributed by atoms with Crippen LogP contribution >= 0.6 is 0 Å². The molecule has 0 heterocycles. The van der Waals surface area contributed by atoms with E-state index in [0.717, 1.165) is 0 Å². The van der Waals surface area contributed by atoms with Crippen molar-refractivity contribution in [3.63, 3.8) is 0 Å². The summed E-state index contributed by atoms with van der Waals surface area (Å²) >= 11 is 0. The third-order valence-electron chi connectivity index (χ3n) is 8.06. The van der Waals surface area contributed by atoms with Gasteiger partial charge in [-0.1, -0.05) is 0 Å². The zero-order chi connectivity index (χ0) is 46.5. The molecule has 0 aliphatic rings. The maximum absolute atomic E-state index is 10.6. The van der Waals surface area contributed by atoms with Gasteiger partial charge in [-0.2, -0.15) is 13.2 Å². The molecular formula is C34H60ClF3N2O20. The van der Waals surface area contributed by atoms with Crippen molar-refractivity contribution in [2.45, 2.75) is 55.8 Å². The van der Waals surface area contributed by atoms with Gasteiger partial charge >= 0.3 is 42.0 Å². The maximum atomic E-state index is 10.6. The Labute approximate surface area is 351 Å². The molecule has 0 fully saturated rings. The Bertz CT molecular complexity index is 1100. The van der Waals surface area contributed by atoms with Gasteiger partial charge < -0.3 is 90.3 Å². The van der Waals surface area contributed by atoms with Gasteiger partial charge in [-0.25, -0.2) is 0 Å². The zero-order valence-electron chi connectivity index (χ0n) is 34.5. The molecule has 0 atom stereocenters. The van der Waals surface area contributed by atoms with E-state index in [0.29, 0.717) is 8.97 Å². The molecule has 0 aromatic carbocycles. The first-order valence-electron chi connectivity index (χ1n) is 17.6. The van der Waals surface area contributed by atoms with Crippen LogP contribution in [0.4, 0.5) is 13.2 Å². The molecular weight excluding hydrogens is 849 g/mol.